The van der Waals surface area contributed by atoms with Crippen LogP contribution in [0.4, 0.5) is 0 Å². The molecule has 1 heterocycles. The molecule has 0 bridgehead atoms. The first-order valence-corrected chi connectivity index (χ1v) is 3.97. The smallest absolute Gasteiger partial charge is 0.0429 e. The van der Waals surface area contributed by atoms with Crippen LogP contribution in [-0.2, 0) is 0 Å². The molecule has 1 atom stereocenters. The van der Waals surface area contributed by atoms with Gasteiger partial charge < -0.3 is 9.47 Å². The average Bonchev–Trinajstić information content (AvgIpc) is 2.35. The Bertz CT molecular complexity index is 189. The van der Waals surface area contributed by atoms with Crippen LogP contribution in [0.5, 0.6) is 0 Å². The van der Waals surface area contributed by atoms with E-state index in [2.05, 4.69) is 55.0 Å². The fourth-order valence-corrected chi connectivity index (χ4v) is 1.26. The minimum atomic E-state index is 0.569. The highest BCUT2D eigenvalue weighted by Crippen LogP contribution is 2.05. The summed E-state index contributed by atoms with van der Waals surface area (Å²) in [7, 11) is 4.19. The topological polar surface area (TPSA) is 8.17 Å². The molecule has 0 aromatic carbocycles. The number of rotatable bonds is 3. The van der Waals surface area contributed by atoms with Gasteiger partial charge in [0.1, 0.15) is 0 Å². The van der Waals surface area contributed by atoms with Crippen molar-refractivity contribution in [2.45, 2.75) is 13.0 Å². The van der Waals surface area contributed by atoms with Crippen molar-refractivity contribution in [3.8, 4) is 0 Å². The monoisotopic (exact) mass is 152 g/mol. The van der Waals surface area contributed by atoms with E-state index in [0.717, 1.165) is 6.54 Å². The molecule has 1 aromatic heterocycles. The van der Waals surface area contributed by atoms with Gasteiger partial charge in [0.25, 0.3) is 0 Å². The van der Waals surface area contributed by atoms with Crippen LogP contribution < -0.4 is 0 Å². The molecule has 1 unspecified atom stereocenters. The highest BCUT2D eigenvalue weighted by molar-refractivity contribution is 4.92. The van der Waals surface area contributed by atoms with E-state index < -0.39 is 0 Å². The maximum atomic E-state index is 2.22. The molecule has 0 saturated carbocycles. The Morgan fingerprint density at radius 3 is 2.27 bits per heavy atom. The number of nitrogens with zero attached hydrogens (tertiary/aromatic N) is 2. The summed E-state index contributed by atoms with van der Waals surface area (Å²) in [5.41, 5.74) is 0. The maximum absolute atomic E-state index is 2.22. The van der Waals surface area contributed by atoms with Gasteiger partial charge in [-0.1, -0.05) is 0 Å². The minimum absolute atomic E-state index is 0.569. The molecule has 2 heteroatoms. The predicted octanol–water partition coefficient (Wildman–Crippen LogP) is 1.61. The molecule has 1 rings (SSSR count). The van der Waals surface area contributed by atoms with Crippen molar-refractivity contribution in [3.63, 3.8) is 0 Å². The Balaban J connectivity index is 2.49. The van der Waals surface area contributed by atoms with E-state index in [1.165, 1.54) is 0 Å². The quantitative estimate of drug-likeness (QED) is 0.639. The highest BCUT2D eigenvalue weighted by Gasteiger charge is 2.02. The summed E-state index contributed by atoms with van der Waals surface area (Å²) < 4.78 is 2.22. The molecular formula is C9H16N2. The first kappa shape index (κ1) is 8.34. The Morgan fingerprint density at radius 2 is 1.82 bits per heavy atom. The highest BCUT2D eigenvalue weighted by atomic mass is 15.1. The summed E-state index contributed by atoms with van der Waals surface area (Å²) >= 11 is 0. The van der Waals surface area contributed by atoms with E-state index in [4.69, 9.17) is 0 Å². The normalized spacial score (nSPS) is 13.8. The number of likely N-dealkylation sites (N-methyl/N-ethyl adjacent to an activating group) is 1. The van der Waals surface area contributed by atoms with E-state index in [-0.39, 0.29) is 0 Å². The third kappa shape index (κ3) is 2.39. The van der Waals surface area contributed by atoms with Crippen molar-refractivity contribution in [2.75, 3.05) is 20.6 Å². The van der Waals surface area contributed by atoms with Crippen LogP contribution in [0.15, 0.2) is 24.5 Å². The molecule has 0 N–H and O–H groups in total. The summed E-state index contributed by atoms with van der Waals surface area (Å²) in [5.74, 6) is 0. The molecule has 0 saturated heterocycles. The van der Waals surface area contributed by atoms with E-state index in [9.17, 15) is 0 Å². The van der Waals surface area contributed by atoms with Gasteiger partial charge in [0.2, 0.25) is 0 Å². The third-order valence-corrected chi connectivity index (χ3v) is 1.77. The first-order valence-electron chi connectivity index (χ1n) is 3.97. The Labute approximate surface area is 68.4 Å². The summed E-state index contributed by atoms with van der Waals surface area (Å²) in [6.45, 7) is 3.31. The molecule has 0 aliphatic heterocycles. The molecule has 0 aliphatic rings. The largest absolute Gasteiger partial charge is 0.350 e. The van der Waals surface area contributed by atoms with Gasteiger partial charge >= 0.3 is 0 Å². The lowest BCUT2D eigenvalue weighted by molar-refractivity contribution is 0.337. The van der Waals surface area contributed by atoms with Gasteiger partial charge in [0.15, 0.2) is 0 Å². The molecule has 0 amide bonds. The van der Waals surface area contributed by atoms with Crippen molar-refractivity contribution < 1.29 is 0 Å². The number of aromatic nitrogens is 1. The molecule has 0 aliphatic carbocycles. The van der Waals surface area contributed by atoms with Gasteiger partial charge in [-0.2, -0.15) is 0 Å². The first-order chi connectivity index (χ1) is 5.20. The fraction of sp³-hybridized carbons (Fsp3) is 0.556. The second-order valence-corrected chi connectivity index (χ2v) is 3.24. The number of hydrogen-bond acceptors (Lipinski definition) is 1. The Kier molecular flexibility index (Phi) is 2.71. The zero-order chi connectivity index (χ0) is 8.27. The second kappa shape index (κ2) is 3.58. The standard InChI is InChI=1S/C9H16N2/c1-9(8-10(2)3)11-6-4-5-7-11/h4-7,9H,8H2,1-3H3. The van der Waals surface area contributed by atoms with Gasteiger partial charge in [0, 0.05) is 25.0 Å². The maximum Gasteiger partial charge on any atom is 0.0429 e. The summed E-state index contributed by atoms with van der Waals surface area (Å²) in [5, 5.41) is 0. The van der Waals surface area contributed by atoms with Crippen molar-refractivity contribution in [3.05, 3.63) is 24.5 Å². The van der Waals surface area contributed by atoms with Crippen molar-refractivity contribution in [2.24, 2.45) is 0 Å². The average molecular weight is 152 g/mol. The minimum Gasteiger partial charge on any atom is -0.350 e. The Hall–Kier alpha value is -0.760. The molecule has 0 radical (unpaired) electrons. The lowest BCUT2D eigenvalue weighted by atomic mass is 10.3. The van der Waals surface area contributed by atoms with Gasteiger partial charge in [-0.3, -0.25) is 0 Å². The van der Waals surface area contributed by atoms with E-state index in [1.54, 1.807) is 0 Å². The van der Waals surface area contributed by atoms with Crippen LogP contribution in [0.1, 0.15) is 13.0 Å². The summed E-state index contributed by atoms with van der Waals surface area (Å²) in [6, 6.07) is 4.69. The zero-order valence-corrected chi connectivity index (χ0v) is 7.49. The molecule has 1 aromatic rings. The van der Waals surface area contributed by atoms with Gasteiger partial charge in [-0.05, 0) is 33.2 Å². The van der Waals surface area contributed by atoms with Gasteiger partial charge in [-0.15, -0.1) is 0 Å². The molecular weight excluding hydrogens is 136 g/mol. The van der Waals surface area contributed by atoms with Crippen LogP contribution in [0.3, 0.4) is 0 Å². The molecule has 0 spiro atoms. The summed E-state index contributed by atoms with van der Waals surface area (Å²) in [6.07, 6.45) is 4.21. The summed E-state index contributed by atoms with van der Waals surface area (Å²) in [4.78, 5) is 2.20. The van der Waals surface area contributed by atoms with Crippen LogP contribution in [0.2, 0.25) is 0 Å². The lowest BCUT2D eigenvalue weighted by Gasteiger charge is -2.18. The van der Waals surface area contributed by atoms with E-state index in [1.807, 2.05) is 0 Å². The third-order valence-electron chi connectivity index (χ3n) is 1.77. The predicted molar refractivity (Wildman–Crippen MR) is 47.7 cm³/mol. The molecule has 62 valence electrons. The van der Waals surface area contributed by atoms with Crippen molar-refractivity contribution >= 4 is 0 Å². The van der Waals surface area contributed by atoms with E-state index >= 15 is 0 Å². The van der Waals surface area contributed by atoms with Gasteiger partial charge in [-0.25, -0.2) is 0 Å². The van der Waals surface area contributed by atoms with Crippen molar-refractivity contribution in [1.29, 1.82) is 0 Å². The molecule has 11 heavy (non-hydrogen) atoms. The molecule has 2 nitrogen and oxygen atoms in total. The second-order valence-electron chi connectivity index (χ2n) is 3.24. The zero-order valence-electron chi connectivity index (χ0n) is 7.49. The van der Waals surface area contributed by atoms with Crippen LogP contribution in [0, 0.1) is 0 Å². The SMILES string of the molecule is CC(CN(C)C)n1cccc1. The lowest BCUT2D eigenvalue weighted by Crippen LogP contribution is -2.21. The van der Waals surface area contributed by atoms with E-state index in [0.29, 0.717) is 6.04 Å². The van der Waals surface area contributed by atoms with Crippen LogP contribution in [-0.4, -0.2) is 30.1 Å². The van der Waals surface area contributed by atoms with Gasteiger partial charge in [0.05, 0.1) is 0 Å². The van der Waals surface area contributed by atoms with Crippen LogP contribution in [0.25, 0.3) is 0 Å². The number of hydrogen-bond donors (Lipinski definition) is 0. The van der Waals surface area contributed by atoms with Crippen molar-refractivity contribution in [1.82, 2.24) is 9.47 Å². The van der Waals surface area contributed by atoms with Crippen LogP contribution >= 0.6 is 0 Å². The fourth-order valence-electron chi connectivity index (χ4n) is 1.26. The Morgan fingerprint density at radius 1 is 1.27 bits per heavy atom. The molecule has 0 fully saturated rings.